The fraction of sp³-hybridized carbons (Fsp3) is 0.533. The molecule has 0 amide bonds. The van der Waals surface area contributed by atoms with Crippen molar-refractivity contribution in [2.45, 2.75) is 25.7 Å². The van der Waals surface area contributed by atoms with Crippen molar-refractivity contribution in [1.29, 1.82) is 0 Å². The normalized spacial score (nSPS) is 18.7. The highest BCUT2D eigenvalue weighted by atomic mass is 35.5. The highest BCUT2D eigenvalue weighted by molar-refractivity contribution is 6.33. The standard InChI is InChI=1S/C15H18ClNO/c16-14-2-1-3-15(13(14)10-18)17(8-11-4-5-11)9-12-6-7-12/h1-3,10-12H,4-9H2. The average molecular weight is 264 g/mol. The van der Waals surface area contributed by atoms with Gasteiger partial charge >= 0.3 is 0 Å². The summed E-state index contributed by atoms with van der Waals surface area (Å²) >= 11 is 6.12. The molecule has 1 aromatic carbocycles. The van der Waals surface area contributed by atoms with Crippen LogP contribution in [-0.4, -0.2) is 19.4 Å². The lowest BCUT2D eigenvalue weighted by atomic mass is 10.1. The summed E-state index contributed by atoms with van der Waals surface area (Å²) in [5.74, 6) is 1.64. The molecule has 2 aliphatic rings. The van der Waals surface area contributed by atoms with Crippen LogP contribution >= 0.6 is 11.6 Å². The van der Waals surface area contributed by atoms with Crippen molar-refractivity contribution in [3.63, 3.8) is 0 Å². The molecule has 2 saturated carbocycles. The van der Waals surface area contributed by atoms with Gasteiger partial charge in [-0.25, -0.2) is 0 Å². The first kappa shape index (κ1) is 12.0. The third-order valence-electron chi connectivity index (χ3n) is 3.84. The first-order chi connectivity index (χ1) is 8.78. The van der Waals surface area contributed by atoms with Crippen LogP contribution < -0.4 is 4.90 Å². The van der Waals surface area contributed by atoms with Gasteiger partial charge in [-0.15, -0.1) is 0 Å². The van der Waals surface area contributed by atoms with E-state index in [1.54, 1.807) is 6.07 Å². The maximum Gasteiger partial charge on any atom is 0.153 e. The zero-order chi connectivity index (χ0) is 12.5. The third-order valence-corrected chi connectivity index (χ3v) is 4.17. The predicted molar refractivity (Wildman–Crippen MR) is 74.5 cm³/mol. The molecule has 3 rings (SSSR count). The largest absolute Gasteiger partial charge is 0.370 e. The number of rotatable bonds is 6. The Balaban J connectivity index is 1.86. The molecular formula is C15H18ClNO. The molecule has 0 unspecified atom stereocenters. The second-order valence-electron chi connectivity index (χ2n) is 5.58. The minimum atomic E-state index is 0.569. The Labute approximate surface area is 113 Å². The number of benzene rings is 1. The fourth-order valence-corrected chi connectivity index (χ4v) is 2.63. The van der Waals surface area contributed by atoms with Crippen LogP contribution in [0.1, 0.15) is 36.0 Å². The lowest BCUT2D eigenvalue weighted by Crippen LogP contribution is -2.29. The van der Waals surface area contributed by atoms with Crippen LogP contribution in [0.25, 0.3) is 0 Å². The number of anilines is 1. The molecule has 0 spiro atoms. The fourth-order valence-electron chi connectivity index (χ4n) is 2.41. The second-order valence-corrected chi connectivity index (χ2v) is 5.99. The van der Waals surface area contributed by atoms with Crippen molar-refractivity contribution in [1.82, 2.24) is 0 Å². The Kier molecular flexibility index (Phi) is 3.29. The number of halogens is 1. The van der Waals surface area contributed by atoms with Crippen molar-refractivity contribution in [2.75, 3.05) is 18.0 Å². The van der Waals surface area contributed by atoms with Crippen molar-refractivity contribution in [3.8, 4) is 0 Å². The molecule has 3 heteroatoms. The summed E-state index contributed by atoms with van der Waals surface area (Å²) in [7, 11) is 0. The summed E-state index contributed by atoms with van der Waals surface area (Å²) in [6.07, 6.45) is 6.22. The molecular weight excluding hydrogens is 246 g/mol. The van der Waals surface area contributed by atoms with E-state index >= 15 is 0 Å². The van der Waals surface area contributed by atoms with Gasteiger partial charge in [-0.05, 0) is 49.7 Å². The molecule has 96 valence electrons. The van der Waals surface area contributed by atoms with Crippen LogP contribution in [0.5, 0.6) is 0 Å². The monoisotopic (exact) mass is 263 g/mol. The van der Waals surface area contributed by atoms with Crippen molar-refractivity contribution < 1.29 is 4.79 Å². The molecule has 0 atom stereocenters. The SMILES string of the molecule is O=Cc1c(Cl)cccc1N(CC1CC1)CC1CC1. The zero-order valence-electron chi connectivity index (χ0n) is 10.4. The lowest BCUT2D eigenvalue weighted by Gasteiger charge is -2.26. The van der Waals surface area contributed by atoms with Gasteiger partial charge in [-0.1, -0.05) is 17.7 Å². The summed E-state index contributed by atoms with van der Waals surface area (Å²) in [6, 6.07) is 5.76. The molecule has 2 aliphatic carbocycles. The van der Waals surface area contributed by atoms with Crippen LogP contribution in [0.15, 0.2) is 18.2 Å². The predicted octanol–water partition coefficient (Wildman–Crippen LogP) is 3.78. The summed E-state index contributed by atoms with van der Waals surface area (Å²) in [4.78, 5) is 13.6. The van der Waals surface area contributed by atoms with E-state index in [0.717, 1.165) is 36.9 Å². The number of hydrogen-bond donors (Lipinski definition) is 0. The van der Waals surface area contributed by atoms with E-state index in [9.17, 15) is 4.79 Å². The van der Waals surface area contributed by atoms with Gasteiger partial charge in [0.05, 0.1) is 10.6 Å². The molecule has 2 fully saturated rings. The van der Waals surface area contributed by atoms with E-state index in [0.29, 0.717) is 10.6 Å². The van der Waals surface area contributed by atoms with Gasteiger partial charge in [-0.2, -0.15) is 0 Å². The van der Waals surface area contributed by atoms with Gasteiger partial charge < -0.3 is 4.90 Å². The van der Waals surface area contributed by atoms with Crippen LogP contribution in [0, 0.1) is 11.8 Å². The second kappa shape index (κ2) is 4.93. The minimum absolute atomic E-state index is 0.569. The van der Waals surface area contributed by atoms with E-state index in [-0.39, 0.29) is 0 Å². The number of hydrogen-bond acceptors (Lipinski definition) is 2. The number of nitrogens with zero attached hydrogens (tertiary/aromatic N) is 1. The first-order valence-electron chi connectivity index (χ1n) is 6.76. The van der Waals surface area contributed by atoms with Gasteiger partial charge in [0.15, 0.2) is 6.29 Å². The lowest BCUT2D eigenvalue weighted by molar-refractivity contribution is 0.112. The Morgan fingerprint density at radius 1 is 1.17 bits per heavy atom. The maximum absolute atomic E-state index is 11.2. The molecule has 0 heterocycles. The zero-order valence-corrected chi connectivity index (χ0v) is 11.2. The number of aldehydes is 1. The maximum atomic E-state index is 11.2. The number of carbonyl (C=O) groups is 1. The molecule has 0 radical (unpaired) electrons. The van der Waals surface area contributed by atoms with Crippen molar-refractivity contribution >= 4 is 23.6 Å². The van der Waals surface area contributed by atoms with Gasteiger partial charge in [0, 0.05) is 18.8 Å². The van der Waals surface area contributed by atoms with Crippen LogP contribution in [-0.2, 0) is 0 Å². The van der Waals surface area contributed by atoms with Gasteiger partial charge in [-0.3, -0.25) is 4.79 Å². The van der Waals surface area contributed by atoms with Crippen molar-refractivity contribution in [2.24, 2.45) is 11.8 Å². The van der Waals surface area contributed by atoms with Gasteiger partial charge in [0.25, 0.3) is 0 Å². The quantitative estimate of drug-likeness (QED) is 0.728. The number of carbonyl (C=O) groups excluding carboxylic acids is 1. The Hall–Kier alpha value is -1.02. The molecule has 1 aromatic rings. The smallest absolute Gasteiger partial charge is 0.153 e. The molecule has 0 aliphatic heterocycles. The molecule has 18 heavy (non-hydrogen) atoms. The van der Waals surface area contributed by atoms with Gasteiger partial charge in [0.1, 0.15) is 0 Å². The van der Waals surface area contributed by atoms with E-state index < -0.39 is 0 Å². The van der Waals surface area contributed by atoms with Crippen LogP contribution in [0.2, 0.25) is 5.02 Å². The Morgan fingerprint density at radius 3 is 2.28 bits per heavy atom. The summed E-state index contributed by atoms with van der Waals surface area (Å²) in [5, 5.41) is 0.569. The Bertz CT molecular complexity index is 438. The Morgan fingerprint density at radius 2 is 1.78 bits per heavy atom. The topological polar surface area (TPSA) is 20.3 Å². The first-order valence-corrected chi connectivity index (χ1v) is 7.14. The molecule has 2 nitrogen and oxygen atoms in total. The summed E-state index contributed by atoms with van der Waals surface area (Å²) in [6.45, 7) is 2.16. The summed E-state index contributed by atoms with van der Waals surface area (Å²) < 4.78 is 0. The van der Waals surface area contributed by atoms with E-state index in [4.69, 9.17) is 11.6 Å². The highest BCUT2D eigenvalue weighted by Gasteiger charge is 2.30. The molecule has 0 bridgehead atoms. The minimum Gasteiger partial charge on any atom is -0.370 e. The average Bonchev–Trinajstić information content (AvgIpc) is 3.22. The van der Waals surface area contributed by atoms with Crippen molar-refractivity contribution in [3.05, 3.63) is 28.8 Å². The van der Waals surface area contributed by atoms with Crippen LogP contribution in [0.3, 0.4) is 0 Å². The van der Waals surface area contributed by atoms with Crippen LogP contribution in [0.4, 0.5) is 5.69 Å². The molecule has 0 saturated heterocycles. The molecule has 0 N–H and O–H groups in total. The van der Waals surface area contributed by atoms with E-state index in [1.165, 1.54) is 25.7 Å². The van der Waals surface area contributed by atoms with E-state index in [1.807, 2.05) is 12.1 Å². The highest BCUT2D eigenvalue weighted by Crippen LogP contribution is 2.37. The van der Waals surface area contributed by atoms with E-state index in [2.05, 4.69) is 4.90 Å². The van der Waals surface area contributed by atoms with Gasteiger partial charge in [0.2, 0.25) is 0 Å². The third kappa shape index (κ3) is 2.69. The molecule has 0 aromatic heterocycles. The summed E-state index contributed by atoms with van der Waals surface area (Å²) in [5.41, 5.74) is 1.68.